The summed E-state index contributed by atoms with van der Waals surface area (Å²) >= 11 is 0. The van der Waals surface area contributed by atoms with Crippen LogP contribution in [-0.2, 0) is 4.74 Å². The van der Waals surface area contributed by atoms with Gasteiger partial charge in [-0.05, 0) is 33.7 Å². The van der Waals surface area contributed by atoms with E-state index in [9.17, 15) is 0 Å². The number of ether oxygens (including phenoxy) is 1. The van der Waals surface area contributed by atoms with Gasteiger partial charge < -0.3 is 10.5 Å². The topological polar surface area (TPSA) is 62.3 Å². The van der Waals surface area contributed by atoms with Gasteiger partial charge in [0.15, 0.2) is 0 Å². The molecular weight excluding hydrogens is 202 g/mol. The quantitative estimate of drug-likeness (QED) is 0.713. The second kappa shape index (κ2) is 6.85. The van der Waals surface area contributed by atoms with Crippen LogP contribution in [0.2, 0.25) is 0 Å². The molecule has 4 nitrogen and oxygen atoms in total. The minimum Gasteiger partial charge on any atom is -0.383 e. The monoisotopic (exact) mass is 227 g/mol. The van der Waals surface area contributed by atoms with Crippen LogP contribution in [0.1, 0.15) is 34.1 Å². The Labute approximate surface area is 99.4 Å². The Morgan fingerprint density at radius 1 is 1.44 bits per heavy atom. The molecule has 0 aromatic rings. The normalized spacial score (nSPS) is 18.9. The Hall–Kier alpha value is -0.630. The highest BCUT2D eigenvalue weighted by Gasteiger charge is 2.26. The maximum absolute atomic E-state index is 8.92. The zero-order valence-electron chi connectivity index (χ0n) is 11.2. The van der Waals surface area contributed by atoms with Gasteiger partial charge in [0.25, 0.3) is 0 Å². The fraction of sp³-hybridized carbons (Fsp3) is 0.917. The number of hydrogen-bond donors (Lipinski definition) is 1. The molecule has 0 aliphatic carbocycles. The fourth-order valence-electron chi connectivity index (χ4n) is 2.17. The summed E-state index contributed by atoms with van der Waals surface area (Å²) in [5.41, 5.74) is 5.11. The summed E-state index contributed by atoms with van der Waals surface area (Å²) in [5, 5.41) is 8.92. The van der Waals surface area contributed by atoms with Crippen LogP contribution in [0.5, 0.6) is 0 Å². The molecule has 0 saturated carbocycles. The molecule has 2 N–H and O–H groups in total. The second-order valence-electron chi connectivity index (χ2n) is 4.72. The first-order valence-electron chi connectivity index (χ1n) is 5.82. The Morgan fingerprint density at radius 3 is 2.38 bits per heavy atom. The van der Waals surface area contributed by atoms with E-state index in [1.807, 2.05) is 0 Å². The maximum atomic E-state index is 8.92. The van der Waals surface area contributed by atoms with Gasteiger partial charge in [0.2, 0.25) is 0 Å². The zero-order chi connectivity index (χ0) is 12.8. The van der Waals surface area contributed by atoms with E-state index >= 15 is 0 Å². The van der Waals surface area contributed by atoms with E-state index in [4.69, 9.17) is 15.7 Å². The molecule has 0 amide bonds. The molecule has 0 aromatic carbocycles. The number of methoxy groups -OCH3 is 1. The van der Waals surface area contributed by atoms with E-state index in [0.717, 1.165) is 6.54 Å². The van der Waals surface area contributed by atoms with Crippen LogP contribution in [0, 0.1) is 11.3 Å². The number of nitrogens with two attached hydrogens (primary N) is 1. The lowest BCUT2D eigenvalue weighted by atomic mass is 9.95. The predicted octanol–water partition coefficient (Wildman–Crippen LogP) is 1.36. The van der Waals surface area contributed by atoms with Crippen molar-refractivity contribution in [3.8, 4) is 6.07 Å². The van der Waals surface area contributed by atoms with Crippen LogP contribution < -0.4 is 5.73 Å². The van der Waals surface area contributed by atoms with Crippen molar-refractivity contribution in [3.63, 3.8) is 0 Å². The molecule has 4 heteroatoms. The molecule has 0 aromatic heterocycles. The van der Waals surface area contributed by atoms with E-state index in [2.05, 4.69) is 31.7 Å². The van der Waals surface area contributed by atoms with E-state index < -0.39 is 5.54 Å². The summed E-state index contributed by atoms with van der Waals surface area (Å²) in [6, 6.07) is 2.77. The standard InChI is InChI=1S/C12H25N3O/c1-6-15(11(3)8-16-5)10(2)7-12(4,14)9-13/h10-11H,6-8,14H2,1-5H3. The predicted molar refractivity (Wildman–Crippen MR) is 66.0 cm³/mol. The van der Waals surface area contributed by atoms with E-state index in [1.165, 1.54) is 0 Å². The molecule has 0 spiro atoms. The van der Waals surface area contributed by atoms with Crippen LogP contribution in [0.25, 0.3) is 0 Å². The minimum absolute atomic E-state index is 0.282. The molecule has 0 heterocycles. The Kier molecular flexibility index (Phi) is 6.58. The van der Waals surface area contributed by atoms with Crippen LogP contribution in [0.3, 0.4) is 0 Å². The summed E-state index contributed by atoms with van der Waals surface area (Å²) in [6.45, 7) is 9.77. The lowest BCUT2D eigenvalue weighted by Gasteiger charge is -2.35. The Balaban J connectivity index is 4.43. The van der Waals surface area contributed by atoms with Crippen molar-refractivity contribution in [1.82, 2.24) is 4.90 Å². The van der Waals surface area contributed by atoms with Crippen molar-refractivity contribution >= 4 is 0 Å². The van der Waals surface area contributed by atoms with Crippen LogP contribution in [0.4, 0.5) is 0 Å². The third kappa shape index (κ3) is 4.93. The first-order valence-corrected chi connectivity index (χ1v) is 5.82. The molecular formula is C12H25N3O. The largest absolute Gasteiger partial charge is 0.383 e. The van der Waals surface area contributed by atoms with E-state index in [-0.39, 0.29) is 6.04 Å². The second-order valence-corrected chi connectivity index (χ2v) is 4.72. The molecule has 0 aliphatic heterocycles. The number of likely N-dealkylation sites (N-methyl/N-ethyl adjacent to an activating group) is 1. The van der Waals surface area contributed by atoms with Crippen molar-refractivity contribution in [2.75, 3.05) is 20.3 Å². The van der Waals surface area contributed by atoms with Gasteiger partial charge >= 0.3 is 0 Å². The summed E-state index contributed by atoms with van der Waals surface area (Å²) in [5.74, 6) is 0. The summed E-state index contributed by atoms with van der Waals surface area (Å²) in [7, 11) is 1.71. The van der Waals surface area contributed by atoms with Gasteiger partial charge in [-0.3, -0.25) is 4.90 Å². The fourth-order valence-corrected chi connectivity index (χ4v) is 2.17. The van der Waals surface area contributed by atoms with Crippen LogP contribution in [-0.4, -0.2) is 42.8 Å². The average Bonchev–Trinajstić information content (AvgIpc) is 2.18. The highest BCUT2D eigenvalue weighted by molar-refractivity contribution is 5.02. The smallest absolute Gasteiger partial charge is 0.102 e. The van der Waals surface area contributed by atoms with Crippen molar-refractivity contribution in [3.05, 3.63) is 0 Å². The first-order chi connectivity index (χ1) is 7.37. The molecule has 0 rings (SSSR count). The lowest BCUT2D eigenvalue weighted by Crippen LogP contribution is -2.48. The third-order valence-corrected chi connectivity index (χ3v) is 2.88. The van der Waals surface area contributed by atoms with E-state index in [1.54, 1.807) is 14.0 Å². The first kappa shape index (κ1) is 15.4. The van der Waals surface area contributed by atoms with Gasteiger partial charge in [0.1, 0.15) is 5.54 Å². The molecule has 16 heavy (non-hydrogen) atoms. The Bertz CT molecular complexity index is 235. The summed E-state index contributed by atoms with van der Waals surface area (Å²) < 4.78 is 5.16. The molecule has 0 radical (unpaired) electrons. The van der Waals surface area contributed by atoms with Gasteiger partial charge in [0, 0.05) is 19.2 Å². The molecule has 0 saturated heterocycles. The highest BCUT2D eigenvalue weighted by Crippen LogP contribution is 2.15. The average molecular weight is 227 g/mol. The van der Waals surface area contributed by atoms with Crippen LogP contribution >= 0.6 is 0 Å². The van der Waals surface area contributed by atoms with Gasteiger partial charge in [-0.25, -0.2) is 0 Å². The van der Waals surface area contributed by atoms with E-state index in [0.29, 0.717) is 19.1 Å². The van der Waals surface area contributed by atoms with Crippen LogP contribution in [0.15, 0.2) is 0 Å². The Morgan fingerprint density at radius 2 is 2.00 bits per heavy atom. The highest BCUT2D eigenvalue weighted by atomic mass is 16.5. The SMILES string of the molecule is CCN(C(C)COC)C(C)CC(C)(N)C#N. The van der Waals surface area contributed by atoms with Crippen molar-refractivity contribution in [2.24, 2.45) is 5.73 Å². The number of hydrogen-bond acceptors (Lipinski definition) is 4. The maximum Gasteiger partial charge on any atom is 0.102 e. The number of nitrogens with zero attached hydrogens (tertiary/aromatic N) is 2. The lowest BCUT2D eigenvalue weighted by molar-refractivity contribution is 0.0714. The van der Waals surface area contributed by atoms with Crippen molar-refractivity contribution in [1.29, 1.82) is 5.26 Å². The molecule has 0 aliphatic rings. The molecule has 3 atom stereocenters. The van der Waals surface area contributed by atoms with Gasteiger partial charge in [-0.1, -0.05) is 6.92 Å². The van der Waals surface area contributed by atoms with Crippen molar-refractivity contribution < 1.29 is 4.74 Å². The van der Waals surface area contributed by atoms with Gasteiger partial charge in [0.05, 0.1) is 12.7 Å². The minimum atomic E-state index is -0.750. The summed E-state index contributed by atoms with van der Waals surface area (Å²) in [6.07, 6.45) is 0.672. The zero-order valence-corrected chi connectivity index (χ0v) is 11.2. The summed E-state index contributed by atoms with van der Waals surface area (Å²) in [4.78, 5) is 2.31. The number of nitriles is 1. The molecule has 0 fully saturated rings. The molecule has 0 bridgehead atoms. The number of rotatable bonds is 7. The molecule has 3 unspecified atom stereocenters. The van der Waals surface area contributed by atoms with Gasteiger partial charge in [-0.15, -0.1) is 0 Å². The van der Waals surface area contributed by atoms with Crippen molar-refractivity contribution in [2.45, 2.75) is 51.7 Å². The van der Waals surface area contributed by atoms with Gasteiger partial charge in [-0.2, -0.15) is 5.26 Å². The molecule has 94 valence electrons. The third-order valence-electron chi connectivity index (χ3n) is 2.88.